The van der Waals surface area contributed by atoms with E-state index in [9.17, 15) is 14.0 Å². The number of anilines is 2. The van der Waals surface area contributed by atoms with Crippen LogP contribution in [0.3, 0.4) is 0 Å². The summed E-state index contributed by atoms with van der Waals surface area (Å²) in [5.74, 6) is -0.610. The summed E-state index contributed by atoms with van der Waals surface area (Å²) in [6, 6.07) is 13.1. The Hall–Kier alpha value is -1.99. The zero-order valence-corrected chi connectivity index (χ0v) is 15.5. The Morgan fingerprint density at radius 3 is 2.44 bits per heavy atom. The van der Waals surface area contributed by atoms with Gasteiger partial charge >= 0.3 is 0 Å². The fraction of sp³-hybridized carbons (Fsp3) is 0.222. The maximum atomic E-state index is 12.8. The summed E-state index contributed by atoms with van der Waals surface area (Å²) in [6.45, 7) is 1.76. The van der Waals surface area contributed by atoms with Crippen LogP contribution in [0.1, 0.15) is 6.92 Å². The van der Waals surface area contributed by atoms with Crippen molar-refractivity contribution in [2.24, 2.45) is 0 Å². The Labute approximate surface area is 155 Å². The number of amides is 2. The Morgan fingerprint density at radius 1 is 1.08 bits per heavy atom. The maximum absolute atomic E-state index is 12.8. The van der Waals surface area contributed by atoms with Crippen LogP contribution < -0.4 is 10.6 Å². The molecule has 0 saturated carbocycles. The van der Waals surface area contributed by atoms with Crippen LogP contribution in [0.25, 0.3) is 0 Å². The van der Waals surface area contributed by atoms with Gasteiger partial charge in [-0.25, -0.2) is 4.39 Å². The van der Waals surface area contributed by atoms with E-state index in [4.69, 9.17) is 0 Å². The number of hydrogen-bond acceptors (Lipinski definition) is 4. The van der Waals surface area contributed by atoms with Gasteiger partial charge in [0.1, 0.15) is 5.82 Å². The van der Waals surface area contributed by atoms with Crippen LogP contribution in [0.5, 0.6) is 0 Å². The molecular formula is C18H19FN2O2S2. The Morgan fingerprint density at radius 2 is 1.76 bits per heavy atom. The number of carbonyl (C=O) groups is 2. The molecular weight excluding hydrogens is 359 g/mol. The fourth-order valence-electron chi connectivity index (χ4n) is 1.99. The molecule has 0 saturated heterocycles. The van der Waals surface area contributed by atoms with Crippen molar-refractivity contribution in [3.8, 4) is 0 Å². The summed E-state index contributed by atoms with van der Waals surface area (Å²) in [5.41, 5.74) is 1.29. The molecule has 0 aromatic heterocycles. The Bertz CT molecular complexity index is 738. The van der Waals surface area contributed by atoms with Gasteiger partial charge in [0.05, 0.1) is 16.7 Å². The molecule has 2 aromatic rings. The summed E-state index contributed by atoms with van der Waals surface area (Å²) >= 11 is 2.80. The van der Waals surface area contributed by atoms with Crippen molar-refractivity contribution in [1.29, 1.82) is 0 Å². The molecule has 0 fully saturated rings. The van der Waals surface area contributed by atoms with Crippen molar-refractivity contribution >= 4 is 46.7 Å². The summed E-state index contributed by atoms with van der Waals surface area (Å²) in [5, 5.41) is 5.18. The molecule has 1 atom stereocenters. The van der Waals surface area contributed by atoms with E-state index < -0.39 is 0 Å². The van der Waals surface area contributed by atoms with Gasteiger partial charge in [0.15, 0.2) is 0 Å². The van der Waals surface area contributed by atoms with E-state index in [1.807, 2.05) is 30.5 Å². The van der Waals surface area contributed by atoms with E-state index in [-0.39, 0.29) is 28.6 Å². The van der Waals surface area contributed by atoms with Crippen LogP contribution in [0.4, 0.5) is 15.8 Å². The number of carbonyl (C=O) groups excluding carboxylic acids is 2. The first-order valence-corrected chi connectivity index (χ1v) is 9.88. The molecule has 4 nitrogen and oxygen atoms in total. The Kier molecular flexibility index (Phi) is 7.33. The quantitative estimate of drug-likeness (QED) is 0.708. The topological polar surface area (TPSA) is 58.2 Å². The third-order valence-corrected chi connectivity index (χ3v) is 5.27. The summed E-state index contributed by atoms with van der Waals surface area (Å²) in [6.07, 6.45) is 1.95. The standard InChI is InChI=1S/C18H19FN2O2S2/c1-12(18(23)21-15-5-3-4-6-16(15)24-2)25-11-17(22)20-14-9-7-13(19)8-10-14/h3-10,12H,11H2,1-2H3,(H,20,22)(H,21,23). The minimum atomic E-state index is -0.381. The fourth-order valence-corrected chi connectivity index (χ4v) is 3.23. The van der Waals surface area contributed by atoms with Gasteiger partial charge in [0.2, 0.25) is 11.8 Å². The van der Waals surface area contributed by atoms with Crippen molar-refractivity contribution in [1.82, 2.24) is 0 Å². The zero-order chi connectivity index (χ0) is 18.2. The van der Waals surface area contributed by atoms with Gasteiger partial charge in [-0.2, -0.15) is 0 Å². The van der Waals surface area contributed by atoms with Crippen LogP contribution in [0.15, 0.2) is 53.4 Å². The highest BCUT2D eigenvalue weighted by atomic mass is 32.2. The number of benzene rings is 2. The predicted molar refractivity (Wildman–Crippen MR) is 104 cm³/mol. The van der Waals surface area contributed by atoms with Gasteiger partial charge in [-0.05, 0) is 49.6 Å². The lowest BCUT2D eigenvalue weighted by Gasteiger charge is -2.14. The van der Waals surface area contributed by atoms with Crippen molar-refractivity contribution in [2.45, 2.75) is 17.1 Å². The molecule has 0 spiro atoms. The van der Waals surface area contributed by atoms with Crippen molar-refractivity contribution in [3.05, 3.63) is 54.3 Å². The highest BCUT2D eigenvalue weighted by Crippen LogP contribution is 2.25. The van der Waals surface area contributed by atoms with E-state index in [1.165, 1.54) is 36.0 Å². The maximum Gasteiger partial charge on any atom is 0.237 e. The molecule has 0 aliphatic carbocycles. The van der Waals surface area contributed by atoms with Gasteiger partial charge in [-0.1, -0.05) is 12.1 Å². The average molecular weight is 378 g/mol. The lowest BCUT2D eigenvalue weighted by Crippen LogP contribution is -2.25. The number of nitrogens with one attached hydrogen (secondary N) is 2. The molecule has 132 valence electrons. The number of halogens is 1. The van der Waals surface area contributed by atoms with Crippen LogP contribution in [0, 0.1) is 5.82 Å². The highest BCUT2D eigenvalue weighted by molar-refractivity contribution is 8.01. The highest BCUT2D eigenvalue weighted by Gasteiger charge is 2.16. The second kappa shape index (κ2) is 9.48. The van der Waals surface area contributed by atoms with Gasteiger partial charge < -0.3 is 10.6 Å². The van der Waals surface area contributed by atoms with Crippen LogP contribution in [-0.4, -0.2) is 29.1 Å². The largest absolute Gasteiger partial charge is 0.325 e. The first kappa shape index (κ1) is 19.3. The average Bonchev–Trinajstić information content (AvgIpc) is 2.62. The molecule has 0 bridgehead atoms. The molecule has 2 amide bonds. The van der Waals surface area contributed by atoms with E-state index >= 15 is 0 Å². The molecule has 0 heterocycles. The van der Waals surface area contributed by atoms with Gasteiger partial charge in [-0.3, -0.25) is 9.59 Å². The first-order valence-electron chi connectivity index (χ1n) is 7.60. The van der Waals surface area contributed by atoms with Crippen LogP contribution in [-0.2, 0) is 9.59 Å². The number of para-hydroxylation sites is 1. The van der Waals surface area contributed by atoms with Gasteiger partial charge in [0, 0.05) is 10.6 Å². The number of hydrogen-bond donors (Lipinski definition) is 2. The van der Waals surface area contributed by atoms with Crippen molar-refractivity contribution in [3.63, 3.8) is 0 Å². The smallest absolute Gasteiger partial charge is 0.237 e. The molecule has 1 unspecified atom stereocenters. The van der Waals surface area contributed by atoms with E-state index in [0.717, 1.165) is 10.6 Å². The zero-order valence-electron chi connectivity index (χ0n) is 13.9. The molecule has 0 aliphatic rings. The SMILES string of the molecule is CSc1ccccc1NC(=O)C(C)SCC(=O)Nc1ccc(F)cc1. The lowest BCUT2D eigenvalue weighted by molar-refractivity contribution is -0.115. The van der Waals surface area contributed by atoms with Gasteiger partial charge in [-0.15, -0.1) is 23.5 Å². The lowest BCUT2D eigenvalue weighted by atomic mass is 10.3. The van der Waals surface area contributed by atoms with Gasteiger partial charge in [0.25, 0.3) is 0 Å². The molecule has 0 aliphatic heterocycles. The predicted octanol–water partition coefficient (Wildman–Crippen LogP) is 4.25. The van der Waals surface area contributed by atoms with Crippen molar-refractivity contribution < 1.29 is 14.0 Å². The second-order valence-electron chi connectivity index (χ2n) is 5.20. The normalized spacial score (nSPS) is 11.6. The molecule has 25 heavy (non-hydrogen) atoms. The third kappa shape index (κ3) is 6.10. The van der Waals surface area contributed by atoms with E-state index in [1.54, 1.807) is 18.7 Å². The number of rotatable bonds is 7. The second-order valence-corrected chi connectivity index (χ2v) is 7.38. The minimum absolute atomic E-state index is 0.135. The van der Waals surface area contributed by atoms with E-state index in [0.29, 0.717) is 5.69 Å². The summed E-state index contributed by atoms with van der Waals surface area (Å²) < 4.78 is 12.8. The van der Waals surface area contributed by atoms with Crippen LogP contribution in [0.2, 0.25) is 0 Å². The number of thioether (sulfide) groups is 2. The summed E-state index contributed by atoms with van der Waals surface area (Å²) in [7, 11) is 0. The molecule has 2 aromatic carbocycles. The first-order chi connectivity index (χ1) is 12.0. The molecule has 7 heteroatoms. The molecule has 2 rings (SSSR count). The Balaban J connectivity index is 1.82. The van der Waals surface area contributed by atoms with Crippen molar-refractivity contribution in [2.75, 3.05) is 22.6 Å². The third-order valence-electron chi connectivity index (χ3n) is 3.33. The minimum Gasteiger partial charge on any atom is -0.325 e. The van der Waals surface area contributed by atoms with E-state index in [2.05, 4.69) is 10.6 Å². The summed E-state index contributed by atoms with van der Waals surface area (Å²) in [4.78, 5) is 25.2. The molecule has 2 N–H and O–H groups in total. The van der Waals surface area contributed by atoms with Crippen LogP contribution >= 0.6 is 23.5 Å². The monoisotopic (exact) mass is 378 g/mol. The molecule has 0 radical (unpaired) electrons.